The number of aliphatic hydroxyl groups is 1. The van der Waals surface area contributed by atoms with Crippen LogP contribution in [0.25, 0.3) is 0 Å². The fourth-order valence-corrected chi connectivity index (χ4v) is 2.92. The first kappa shape index (κ1) is 16.3. The van der Waals surface area contributed by atoms with Crippen molar-refractivity contribution in [3.63, 3.8) is 0 Å². The molecule has 0 unspecified atom stereocenters. The van der Waals surface area contributed by atoms with Crippen LogP contribution in [-0.4, -0.2) is 39.0 Å². The lowest BCUT2D eigenvalue weighted by atomic mass is 10.0. The van der Waals surface area contributed by atoms with Crippen LogP contribution in [-0.2, 0) is 13.0 Å². The molecule has 1 atom stereocenters. The van der Waals surface area contributed by atoms with Crippen molar-refractivity contribution in [2.24, 2.45) is 0 Å². The predicted molar refractivity (Wildman–Crippen MR) is 81.8 cm³/mol. The Bertz CT molecular complexity index is 765. The van der Waals surface area contributed by atoms with Gasteiger partial charge in [0.15, 0.2) is 11.6 Å². The van der Waals surface area contributed by atoms with E-state index in [1.807, 2.05) is 0 Å². The number of anilines is 1. The SMILES string of the molecule is O=[N+]([O-])c1cnn(C[C@H](O)CN2CCCc3cc(F)c(F)cc32)c1. The van der Waals surface area contributed by atoms with E-state index in [4.69, 9.17) is 0 Å². The zero-order valence-corrected chi connectivity index (χ0v) is 12.7. The number of aryl methyl sites for hydroxylation is 1. The summed E-state index contributed by atoms with van der Waals surface area (Å²) < 4.78 is 28.1. The summed E-state index contributed by atoms with van der Waals surface area (Å²) >= 11 is 0. The first-order valence-electron chi connectivity index (χ1n) is 7.52. The van der Waals surface area contributed by atoms with Gasteiger partial charge in [0, 0.05) is 24.8 Å². The molecule has 1 aliphatic rings. The molecule has 2 aromatic rings. The topological polar surface area (TPSA) is 84.4 Å². The maximum Gasteiger partial charge on any atom is 0.306 e. The summed E-state index contributed by atoms with van der Waals surface area (Å²) in [5, 5.41) is 24.7. The molecule has 1 aromatic carbocycles. The van der Waals surface area contributed by atoms with E-state index in [1.54, 1.807) is 4.90 Å². The van der Waals surface area contributed by atoms with Crippen molar-refractivity contribution in [1.29, 1.82) is 0 Å². The van der Waals surface area contributed by atoms with Crippen molar-refractivity contribution < 1.29 is 18.8 Å². The third kappa shape index (κ3) is 3.35. The van der Waals surface area contributed by atoms with E-state index < -0.39 is 22.7 Å². The summed E-state index contributed by atoms with van der Waals surface area (Å²) in [6, 6.07) is 2.34. The maximum atomic E-state index is 13.5. The van der Waals surface area contributed by atoms with Gasteiger partial charge in [-0.15, -0.1) is 0 Å². The van der Waals surface area contributed by atoms with Gasteiger partial charge in [-0.25, -0.2) is 8.78 Å². The third-order valence-corrected chi connectivity index (χ3v) is 4.00. The summed E-state index contributed by atoms with van der Waals surface area (Å²) in [6.07, 6.45) is 2.93. The van der Waals surface area contributed by atoms with Gasteiger partial charge in [-0.2, -0.15) is 5.10 Å². The average molecular weight is 338 g/mol. The highest BCUT2D eigenvalue weighted by atomic mass is 19.2. The fourth-order valence-electron chi connectivity index (χ4n) is 2.92. The molecule has 2 heterocycles. The van der Waals surface area contributed by atoms with Crippen molar-refractivity contribution in [1.82, 2.24) is 9.78 Å². The van der Waals surface area contributed by atoms with E-state index in [9.17, 15) is 24.0 Å². The summed E-state index contributed by atoms with van der Waals surface area (Å²) in [6.45, 7) is 0.892. The van der Waals surface area contributed by atoms with Crippen molar-refractivity contribution in [3.8, 4) is 0 Å². The number of benzene rings is 1. The maximum absolute atomic E-state index is 13.5. The molecule has 0 aliphatic carbocycles. The minimum Gasteiger partial charge on any atom is -0.389 e. The molecule has 9 heteroatoms. The quantitative estimate of drug-likeness (QED) is 0.665. The number of hydrogen-bond acceptors (Lipinski definition) is 5. The summed E-state index contributed by atoms with van der Waals surface area (Å²) in [5.41, 5.74) is 1.13. The number of nitrogens with zero attached hydrogens (tertiary/aromatic N) is 4. The molecule has 1 N–H and O–H groups in total. The van der Waals surface area contributed by atoms with E-state index >= 15 is 0 Å². The standard InChI is InChI=1S/C15H16F2N4O3/c16-13-4-10-2-1-3-19(15(10)5-14(13)17)8-12(22)9-20-7-11(6-18-20)21(23)24/h4-7,12,22H,1-3,8-9H2/t12-/m1/s1. The zero-order valence-electron chi connectivity index (χ0n) is 12.7. The molecule has 1 aromatic heterocycles. The molecule has 0 radical (unpaired) electrons. The summed E-state index contributed by atoms with van der Waals surface area (Å²) in [5.74, 6) is -1.79. The normalized spacial score (nSPS) is 15.2. The van der Waals surface area contributed by atoms with Crippen LogP contribution in [0.1, 0.15) is 12.0 Å². The van der Waals surface area contributed by atoms with Crippen LogP contribution in [0.3, 0.4) is 0 Å². The first-order chi connectivity index (χ1) is 11.4. The minimum atomic E-state index is -0.919. The lowest BCUT2D eigenvalue weighted by Gasteiger charge is -2.33. The number of fused-ring (bicyclic) bond motifs is 1. The highest BCUT2D eigenvalue weighted by Gasteiger charge is 2.22. The number of aromatic nitrogens is 2. The monoisotopic (exact) mass is 338 g/mol. The highest BCUT2D eigenvalue weighted by molar-refractivity contribution is 5.56. The molecule has 128 valence electrons. The molecule has 3 rings (SSSR count). The Labute approximate surface area is 136 Å². The smallest absolute Gasteiger partial charge is 0.306 e. The Balaban J connectivity index is 1.70. The van der Waals surface area contributed by atoms with Gasteiger partial charge in [0.25, 0.3) is 0 Å². The fraction of sp³-hybridized carbons (Fsp3) is 0.400. The third-order valence-electron chi connectivity index (χ3n) is 4.00. The van der Waals surface area contributed by atoms with Crippen molar-refractivity contribution >= 4 is 11.4 Å². The van der Waals surface area contributed by atoms with E-state index in [0.29, 0.717) is 24.2 Å². The number of halogens is 2. The molecule has 0 spiro atoms. The van der Waals surface area contributed by atoms with Crippen LogP contribution in [0.4, 0.5) is 20.2 Å². The highest BCUT2D eigenvalue weighted by Crippen LogP contribution is 2.29. The molecule has 1 aliphatic heterocycles. The van der Waals surface area contributed by atoms with Gasteiger partial charge in [0.05, 0.1) is 17.6 Å². The summed E-state index contributed by atoms with van der Waals surface area (Å²) in [7, 11) is 0. The lowest BCUT2D eigenvalue weighted by molar-refractivity contribution is -0.385. The van der Waals surface area contributed by atoms with Gasteiger partial charge >= 0.3 is 5.69 Å². The molecule has 0 bridgehead atoms. The Morgan fingerprint density at radius 1 is 1.33 bits per heavy atom. The lowest BCUT2D eigenvalue weighted by Crippen LogP contribution is -2.38. The van der Waals surface area contributed by atoms with Crippen LogP contribution in [0.15, 0.2) is 24.5 Å². The largest absolute Gasteiger partial charge is 0.389 e. The Hall–Kier alpha value is -2.55. The van der Waals surface area contributed by atoms with Crippen molar-refractivity contribution in [2.45, 2.75) is 25.5 Å². The van der Waals surface area contributed by atoms with Gasteiger partial charge in [-0.05, 0) is 24.5 Å². The Kier molecular flexibility index (Phi) is 4.43. The second kappa shape index (κ2) is 6.52. The number of aliphatic hydroxyl groups excluding tert-OH is 1. The number of nitro groups is 1. The second-order valence-electron chi connectivity index (χ2n) is 5.78. The number of rotatable bonds is 5. The minimum absolute atomic E-state index is 0.0728. The van der Waals surface area contributed by atoms with Crippen LogP contribution in [0, 0.1) is 21.7 Å². The van der Waals surface area contributed by atoms with E-state index in [-0.39, 0.29) is 18.8 Å². The number of hydrogen-bond donors (Lipinski definition) is 1. The molecule has 0 fully saturated rings. The van der Waals surface area contributed by atoms with Crippen LogP contribution >= 0.6 is 0 Å². The molecule has 24 heavy (non-hydrogen) atoms. The van der Waals surface area contributed by atoms with Gasteiger partial charge < -0.3 is 10.0 Å². The average Bonchev–Trinajstić information content (AvgIpc) is 2.98. The van der Waals surface area contributed by atoms with Gasteiger partial charge in [0.2, 0.25) is 0 Å². The van der Waals surface area contributed by atoms with Crippen molar-refractivity contribution in [3.05, 3.63) is 51.8 Å². The van der Waals surface area contributed by atoms with E-state index in [1.165, 1.54) is 16.9 Å². The van der Waals surface area contributed by atoms with Crippen LogP contribution in [0.5, 0.6) is 0 Å². The number of β-amino-alcohol motifs (C(OH)–C–C–N with tert-alkyl or cyclic N) is 1. The Morgan fingerprint density at radius 2 is 2.08 bits per heavy atom. The Morgan fingerprint density at radius 3 is 2.79 bits per heavy atom. The molecule has 0 amide bonds. The van der Waals surface area contributed by atoms with Crippen LogP contribution in [0.2, 0.25) is 0 Å². The van der Waals surface area contributed by atoms with E-state index in [0.717, 1.165) is 18.7 Å². The molecular weight excluding hydrogens is 322 g/mol. The van der Waals surface area contributed by atoms with Crippen LogP contribution < -0.4 is 4.90 Å². The van der Waals surface area contributed by atoms with Gasteiger partial charge in [0.1, 0.15) is 12.4 Å². The zero-order chi connectivity index (χ0) is 17.3. The molecule has 0 saturated heterocycles. The molecule has 7 nitrogen and oxygen atoms in total. The van der Waals surface area contributed by atoms with Crippen molar-refractivity contribution in [2.75, 3.05) is 18.0 Å². The second-order valence-corrected chi connectivity index (χ2v) is 5.78. The first-order valence-corrected chi connectivity index (χ1v) is 7.52. The summed E-state index contributed by atoms with van der Waals surface area (Å²) in [4.78, 5) is 11.9. The predicted octanol–water partition coefficient (Wildman–Crippen LogP) is 1.88. The van der Waals surface area contributed by atoms with E-state index in [2.05, 4.69) is 5.10 Å². The molecular formula is C15H16F2N4O3. The van der Waals surface area contributed by atoms with Gasteiger partial charge in [-0.1, -0.05) is 0 Å². The molecule has 0 saturated carbocycles. The van der Waals surface area contributed by atoms with Gasteiger partial charge in [-0.3, -0.25) is 14.8 Å².